The van der Waals surface area contributed by atoms with Crippen LogP contribution in [0.3, 0.4) is 0 Å². The predicted molar refractivity (Wildman–Crippen MR) is 134 cm³/mol. The quantitative estimate of drug-likeness (QED) is 0.321. The molecule has 36 heavy (non-hydrogen) atoms. The van der Waals surface area contributed by atoms with Gasteiger partial charge in [-0.3, -0.25) is 10.0 Å². The average Bonchev–Trinajstić information content (AvgIpc) is 3.38. The maximum atomic E-state index is 14.0. The number of methoxy groups -OCH3 is 1. The Bertz CT molecular complexity index is 1510. The Labute approximate surface area is 206 Å². The first kappa shape index (κ1) is 22.1. The van der Waals surface area contributed by atoms with E-state index in [9.17, 15) is 14.8 Å². The van der Waals surface area contributed by atoms with Gasteiger partial charge in [0.15, 0.2) is 5.54 Å². The van der Waals surface area contributed by atoms with Crippen LogP contribution in [0.1, 0.15) is 29.7 Å². The summed E-state index contributed by atoms with van der Waals surface area (Å²) in [4.78, 5) is 34.0. The van der Waals surface area contributed by atoms with E-state index in [0.717, 1.165) is 26.9 Å². The van der Waals surface area contributed by atoms with E-state index in [1.54, 1.807) is 18.9 Å². The summed E-state index contributed by atoms with van der Waals surface area (Å²) >= 11 is 0. The lowest BCUT2D eigenvalue weighted by Crippen LogP contribution is -2.50. The van der Waals surface area contributed by atoms with E-state index in [-0.39, 0.29) is 23.4 Å². The molecule has 3 amide bonds. The Morgan fingerprint density at radius 1 is 1.06 bits per heavy atom. The van der Waals surface area contributed by atoms with Gasteiger partial charge in [-0.15, -0.1) is 0 Å². The molecule has 2 unspecified atom stereocenters. The molecule has 0 spiro atoms. The Balaban J connectivity index is 1.55. The highest BCUT2D eigenvalue weighted by atomic mass is 16.8. The van der Waals surface area contributed by atoms with Gasteiger partial charge in [0.1, 0.15) is 5.75 Å². The molecule has 2 aliphatic rings. The number of hydrogen-bond acceptors (Lipinski definition) is 6. The van der Waals surface area contributed by atoms with Gasteiger partial charge < -0.3 is 25.1 Å². The molecule has 0 bridgehead atoms. The number of para-hydroxylation sites is 2. The number of anilines is 2. The summed E-state index contributed by atoms with van der Waals surface area (Å²) in [5.74, 6) is 0.0799. The number of fused-ring (bicyclic) bond motifs is 5. The van der Waals surface area contributed by atoms with Crippen LogP contribution in [-0.2, 0) is 10.3 Å². The summed E-state index contributed by atoms with van der Waals surface area (Å²) in [6.07, 6.45) is 0. The Kier molecular flexibility index (Phi) is 4.82. The Morgan fingerprint density at radius 2 is 1.75 bits per heavy atom. The normalized spacial score (nSPS) is 21.1. The van der Waals surface area contributed by atoms with Gasteiger partial charge >= 0.3 is 6.03 Å². The maximum absolute atomic E-state index is 14.0. The SMILES string of the molecule is COc1ccccc1C1CN2C(=O)N(c3ccc(N([O-])O)cc3)C(=O)C2(C)c2[nH]c3ccccc3c21. The number of ether oxygens (including phenoxy) is 1. The maximum Gasteiger partial charge on any atom is 0.332 e. The van der Waals surface area contributed by atoms with Gasteiger partial charge in [-0.05, 0) is 48.9 Å². The van der Waals surface area contributed by atoms with Crippen LogP contribution < -0.4 is 14.9 Å². The van der Waals surface area contributed by atoms with Gasteiger partial charge in [-0.25, -0.2) is 9.69 Å². The molecular weight excluding hydrogens is 460 g/mol. The summed E-state index contributed by atoms with van der Waals surface area (Å²) < 4.78 is 5.67. The molecular formula is C27H23N4O5-. The van der Waals surface area contributed by atoms with Crippen LogP contribution in [0.5, 0.6) is 5.75 Å². The minimum absolute atomic E-state index is 0.00378. The van der Waals surface area contributed by atoms with Crippen molar-refractivity contribution in [1.29, 1.82) is 0 Å². The third kappa shape index (κ3) is 2.90. The lowest BCUT2D eigenvalue weighted by Gasteiger charge is -2.40. The second kappa shape index (κ2) is 7.84. The number of imide groups is 1. The van der Waals surface area contributed by atoms with Crippen LogP contribution in [0.15, 0.2) is 72.8 Å². The number of carbonyl (C=O) groups excluding carboxylic acids is 2. The van der Waals surface area contributed by atoms with Crippen molar-refractivity contribution >= 4 is 34.2 Å². The molecule has 3 heterocycles. The van der Waals surface area contributed by atoms with Gasteiger partial charge in [0, 0.05) is 28.9 Å². The van der Waals surface area contributed by atoms with Crippen LogP contribution in [0, 0.1) is 5.21 Å². The lowest BCUT2D eigenvalue weighted by atomic mass is 9.78. The second-order valence-corrected chi connectivity index (χ2v) is 9.15. The first-order valence-electron chi connectivity index (χ1n) is 11.5. The fraction of sp³-hybridized carbons (Fsp3) is 0.185. The van der Waals surface area contributed by atoms with Crippen LogP contribution in [-0.4, -0.2) is 40.7 Å². The smallest absolute Gasteiger partial charge is 0.332 e. The number of aromatic nitrogens is 1. The Morgan fingerprint density at radius 3 is 2.47 bits per heavy atom. The average molecular weight is 484 g/mol. The molecule has 9 heteroatoms. The van der Waals surface area contributed by atoms with Crippen molar-refractivity contribution in [2.45, 2.75) is 18.4 Å². The molecule has 4 aromatic rings. The number of hydrogen-bond donors (Lipinski definition) is 2. The highest BCUT2D eigenvalue weighted by molar-refractivity contribution is 6.23. The number of aromatic amines is 1. The molecule has 2 N–H and O–H groups in total. The predicted octanol–water partition coefficient (Wildman–Crippen LogP) is 4.70. The third-order valence-corrected chi connectivity index (χ3v) is 7.37. The second-order valence-electron chi connectivity index (χ2n) is 9.15. The topological polar surface area (TPSA) is 112 Å². The molecule has 6 rings (SSSR count). The van der Waals surface area contributed by atoms with E-state index < -0.39 is 17.5 Å². The zero-order valence-corrected chi connectivity index (χ0v) is 19.6. The van der Waals surface area contributed by atoms with Gasteiger partial charge in [-0.1, -0.05) is 36.4 Å². The number of nitrogens with one attached hydrogen (secondary N) is 1. The lowest BCUT2D eigenvalue weighted by molar-refractivity contribution is -0.125. The van der Waals surface area contributed by atoms with E-state index >= 15 is 0 Å². The van der Waals surface area contributed by atoms with Gasteiger partial charge in [-0.2, -0.15) is 0 Å². The van der Waals surface area contributed by atoms with E-state index in [1.807, 2.05) is 48.5 Å². The first-order chi connectivity index (χ1) is 17.4. The molecule has 3 aromatic carbocycles. The summed E-state index contributed by atoms with van der Waals surface area (Å²) in [5, 5.41) is 21.1. The van der Waals surface area contributed by atoms with Crippen molar-refractivity contribution in [2.24, 2.45) is 0 Å². The molecule has 2 atom stereocenters. The minimum atomic E-state index is -1.26. The molecule has 1 saturated heterocycles. The monoisotopic (exact) mass is 483 g/mol. The number of rotatable bonds is 4. The van der Waals surface area contributed by atoms with Crippen molar-refractivity contribution in [2.75, 3.05) is 23.8 Å². The number of H-pyrrole nitrogens is 1. The molecule has 1 aromatic heterocycles. The van der Waals surface area contributed by atoms with Crippen molar-refractivity contribution in [3.63, 3.8) is 0 Å². The summed E-state index contributed by atoms with van der Waals surface area (Å²) in [6, 6.07) is 20.8. The number of nitrogens with zero attached hydrogens (tertiary/aromatic N) is 3. The van der Waals surface area contributed by atoms with Gasteiger partial charge in [0.25, 0.3) is 5.91 Å². The summed E-state index contributed by atoms with van der Waals surface area (Å²) in [6.45, 7) is 2.04. The first-order valence-corrected chi connectivity index (χ1v) is 11.5. The Hall–Kier alpha value is -4.34. The van der Waals surface area contributed by atoms with Crippen molar-refractivity contribution < 1.29 is 19.5 Å². The van der Waals surface area contributed by atoms with Crippen molar-refractivity contribution in [1.82, 2.24) is 9.88 Å². The van der Waals surface area contributed by atoms with Crippen LogP contribution in [0.2, 0.25) is 0 Å². The largest absolute Gasteiger partial charge is 0.733 e. The number of benzene rings is 3. The van der Waals surface area contributed by atoms with Crippen molar-refractivity contribution in [3.05, 3.63) is 94.8 Å². The van der Waals surface area contributed by atoms with Crippen LogP contribution in [0.25, 0.3) is 10.9 Å². The third-order valence-electron chi connectivity index (χ3n) is 7.37. The standard InChI is InChI=1S/C27H23N4O5/c1-27-24-23(19-8-3-5-9-21(19)28-24)20(18-7-4-6-10-22(18)36-2)15-29(27)26(33)30(25(27)32)16-11-13-17(14-12-16)31(34)35/h3-14,20,28,34H,15H2,1-2H3/q-1. The summed E-state index contributed by atoms with van der Waals surface area (Å²) in [7, 11) is 1.62. The number of amides is 3. The molecule has 1 fully saturated rings. The van der Waals surface area contributed by atoms with E-state index in [0.29, 0.717) is 17.1 Å². The molecule has 0 radical (unpaired) electrons. The van der Waals surface area contributed by atoms with Gasteiger partial charge in [0.05, 0.1) is 24.2 Å². The zero-order valence-electron chi connectivity index (χ0n) is 19.6. The molecule has 182 valence electrons. The highest BCUT2D eigenvalue weighted by Gasteiger charge is 2.60. The molecule has 2 aliphatic heterocycles. The molecule has 9 nitrogen and oxygen atoms in total. The van der Waals surface area contributed by atoms with E-state index in [1.165, 1.54) is 24.3 Å². The fourth-order valence-corrected chi connectivity index (χ4v) is 5.58. The van der Waals surface area contributed by atoms with Crippen LogP contribution >= 0.6 is 0 Å². The fourth-order valence-electron chi connectivity index (χ4n) is 5.58. The minimum Gasteiger partial charge on any atom is -0.733 e. The number of carbonyl (C=O) groups is 2. The van der Waals surface area contributed by atoms with E-state index in [4.69, 9.17) is 9.94 Å². The van der Waals surface area contributed by atoms with Crippen LogP contribution in [0.4, 0.5) is 16.2 Å². The number of urea groups is 1. The van der Waals surface area contributed by atoms with E-state index in [2.05, 4.69) is 4.98 Å². The van der Waals surface area contributed by atoms with Crippen molar-refractivity contribution in [3.8, 4) is 5.75 Å². The molecule has 0 saturated carbocycles. The molecule has 0 aliphatic carbocycles. The zero-order chi connectivity index (χ0) is 25.2. The highest BCUT2D eigenvalue weighted by Crippen LogP contribution is 2.51. The summed E-state index contributed by atoms with van der Waals surface area (Å²) in [5.41, 5.74) is 2.50. The van der Waals surface area contributed by atoms with Gasteiger partial charge in [0.2, 0.25) is 0 Å².